The van der Waals surface area contributed by atoms with Crippen LogP contribution in [0.5, 0.6) is 0 Å². The Kier molecular flexibility index (Phi) is 5.13. The summed E-state index contributed by atoms with van der Waals surface area (Å²) in [5.41, 5.74) is 7.05. The van der Waals surface area contributed by atoms with E-state index in [2.05, 4.69) is 4.74 Å². The van der Waals surface area contributed by atoms with E-state index in [4.69, 9.17) is 10.5 Å². The molecule has 0 heterocycles. The normalized spacial score (nSPS) is 11.0. The summed E-state index contributed by atoms with van der Waals surface area (Å²) in [6.07, 6.45) is 0.723. The van der Waals surface area contributed by atoms with Crippen molar-refractivity contribution >= 4 is 17.6 Å². The highest BCUT2D eigenvalue weighted by Gasteiger charge is 2.16. The predicted molar refractivity (Wildman–Crippen MR) is 76.4 cm³/mol. The van der Waals surface area contributed by atoms with E-state index in [9.17, 15) is 9.59 Å². The number of benzene rings is 1. The monoisotopic (exact) mass is 279 g/mol. The Labute approximate surface area is 119 Å². The lowest BCUT2D eigenvalue weighted by molar-refractivity contribution is -0.154. The average molecular weight is 279 g/mol. The van der Waals surface area contributed by atoms with E-state index in [1.165, 1.54) is 7.11 Å². The molecule has 110 valence electrons. The van der Waals surface area contributed by atoms with E-state index in [-0.39, 0.29) is 12.4 Å². The summed E-state index contributed by atoms with van der Waals surface area (Å²) >= 11 is 0. The minimum atomic E-state index is -0.489. The van der Waals surface area contributed by atoms with Gasteiger partial charge in [-0.05, 0) is 44.9 Å². The molecule has 1 rings (SSSR count). The lowest BCUT2D eigenvalue weighted by Crippen LogP contribution is -2.24. The molecule has 5 heteroatoms. The number of anilines is 1. The van der Waals surface area contributed by atoms with Gasteiger partial charge in [-0.2, -0.15) is 0 Å². The van der Waals surface area contributed by atoms with Crippen LogP contribution in [-0.2, 0) is 20.7 Å². The van der Waals surface area contributed by atoms with Crippen molar-refractivity contribution in [3.8, 4) is 0 Å². The Bertz CT molecular complexity index is 503. The third-order valence-corrected chi connectivity index (χ3v) is 2.59. The fourth-order valence-electron chi connectivity index (χ4n) is 1.70. The first-order valence-corrected chi connectivity index (χ1v) is 6.41. The first-order valence-electron chi connectivity index (χ1n) is 6.41. The van der Waals surface area contributed by atoms with Gasteiger partial charge in [0.2, 0.25) is 0 Å². The second-order valence-electron chi connectivity index (χ2n) is 5.49. The molecule has 0 saturated heterocycles. The van der Waals surface area contributed by atoms with Gasteiger partial charge in [0.05, 0.1) is 12.7 Å². The number of aryl methyl sites for hydroxylation is 1. The molecule has 5 nitrogen and oxygen atoms in total. The molecule has 0 fully saturated rings. The molecule has 1 aromatic carbocycles. The first-order chi connectivity index (χ1) is 9.23. The lowest BCUT2D eigenvalue weighted by Gasteiger charge is -2.19. The van der Waals surface area contributed by atoms with Crippen LogP contribution in [-0.4, -0.2) is 24.6 Å². The second-order valence-corrected chi connectivity index (χ2v) is 5.49. The zero-order chi connectivity index (χ0) is 15.3. The number of esters is 2. The summed E-state index contributed by atoms with van der Waals surface area (Å²) in [5, 5.41) is 0. The molecular weight excluding hydrogens is 258 g/mol. The van der Waals surface area contributed by atoms with Crippen LogP contribution in [0.4, 0.5) is 5.69 Å². The SMILES string of the molecule is COC(=O)c1ccc(CCC(=O)OC(C)(C)C)c(N)c1. The highest BCUT2D eigenvalue weighted by Crippen LogP contribution is 2.18. The number of rotatable bonds is 4. The predicted octanol–water partition coefficient (Wildman–Crippen LogP) is 2.33. The molecule has 1 aromatic rings. The Balaban J connectivity index is 2.66. The largest absolute Gasteiger partial charge is 0.465 e. The van der Waals surface area contributed by atoms with Crippen LogP contribution in [0.2, 0.25) is 0 Å². The Morgan fingerprint density at radius 2 is 1.90 bits per heavy atom. The summed E-state index contributed by atoms with van der Waals surface area (Å²) in [6, 6.07) is 4.91. The minimum absolute atomic E-state index is 0.249. The van der Waals surface area contributed by atoms with Crippen LogP contribution in [0, 0.1) is 0 Å². The summed E-state index contributed by atoms with van der Waals surface area (Å²) in [6.45, 7) is 5.47. The van der Waals surface area contributed by atoms with Gasteiger partial charge in [0.15, 0.2) is 0 Å². The molecule has 0 amide bonds. The summed E-state index contributed by atoms with van der Waals surface area (Å²) in [7, 11) is 1.31. The van der Waals surface area contributed by atoms with E-state index >= 15 is 0 Å². The van der Waals surface area contributed by atoms with E-state index in [0.717, 1.165) is 5.56 Å². The van der Waals surface area contributed by atoms with Crippen LogP contribution in [0.15, 0.2) is 18.2 Å². The maximum absolute atomic E-state index is 11.6. The van der Waals surface area contributed by atoms with Crippen LogP contribution < -0.4 is 5.73 Å². The number of carbonyl (C=O) groups excluding carboxylic acids is 2. The van der Waals surface area contributed by atoms with Gasteiger partial charge in [0.1, 0.15) is 5.60 Å². The highest BCUT2D eigenvalue weighted by atomic mass is 16.6. The number of nitrogen functional groups attached to an aromatic ring is 1. The fraction of sp³-hybridized carbons (Fsp3) is 0.467. The standard InChI is InChI=1S/C15H21NO4/c1-15(2,3)20-13(17)8-7-10-5-6-11(9-12(10)16)14(18)19-4/h5-6,9H,7-8,16H2,1-4H3. The van der Waals surface area contributed by atoms with Gasteiger partial charge in [-0.25, -0.2) is 4.79 Å². The van der Waals surface area contributed by atoms with E-state index in [1.807, 2.05) is 20.8 Å². The molecule has 0 aromatic heterocycles. The van der Waals surface area contributed by atoms with Crippen molar-refractivity contribution in [2.75, 3.05) is 12.8 Å². The second kappa shape index (κ2) is 6.41. The smallest absolute Gasteiger partial charge is 0.337 e. The van der Waals surface area contributed by atoms with Gasteiger partial charge in [-0.3, -0.25) is 4.79 Å². The molecule has 0 bridgehead atoms. The Morgan fingerprint density at radius 3 is 2.40 bits per heavy atom. The topological polar surface area (TPSA) is 78.6 Å². The number of nitrogens with two attached hydrogens (primary N) is 1. The van der Waals surface area contributed by atoms with Crippen molar-refractivity contribution in [2.45, 2.75) is 39.2 Å². The molecule has 0 spiro atoms. The molecule has 0 aliphatic rings. The molecular formula is C15H21NO4. The molecule has 20 heavy (non-hydrogen) atoms. The van der Waals surface area contributed by atoms with Gasteiger partial charge in [0, 0.05) is 12.1 Å². The Hall–Kier alpha value is -2.04. The first kappa shape index (κ1) is 16.0. The van der Waals surface area contributed by atoms with Crippen molar-refractivity contribution in [3.63, 3.8) is 0 Å². The van der Waals surface area contributed by atoms with Crippen LogP contribution in [0.1, 0.15) is 43.1 Å². The van der Waals surface area contributed by atoms with E-state index in [1.54, 1.807) is 18.2 Å². The molecule has 0 radical (unpaired) electrons. The van der Waals surface area contributed by atoms with Gasteiger partial charge in [0.25, 0.3) is 0 Å². The maximum atomic E-state index is 11.6. The van der Waals surface area contributed by atoms with Gasteiger partial charge < -0.3 is 15.2 Å². The van der Waals surface area contributed by atoms with Crippen molar-refractivity contribution < 1.29 is 19.1 Å². The van der Waals surface area contributed by atoms with E-state index in [0.29, 0.717) is 17.7 Å². The highest BCUT2D eigenvalue weighted by molar-refractivity contribution is 5.90. The Morgan fingerprint density at radius 1 is 1.25 bits per heavy atom. The third-order valence-electron chi connectivity index (χ3n) is 2.59. The molecule has 0 unspecified atom stereocenters. The van der Waals surface area contributed by atoms with E-state index < -0.39 is 11.6 Å². The maximum Gasteiger partial charge on any atom is 0.337 e. The fourth-order valence-corrected chi connectivity index (χ4v) is 1.70. The van der Waals surface area contributed by atoms with Crippen molar-refractivity contribution in [1.82, 2.24) is 0 Å². The van der Waals surface area contributed by atoms with Gasteiger partial charge in [-0.15, -0.1) is 0 Å². The molecule has 0 aliphatic carbocycles. The van der Waals surface area contributed by atoms with Crippen molar-refractivity contribution in [3.05, 3.63) is 29.3 Å². The molecule has 0 aliphatic heterocycles. The van der Waals surface area contributed by atoms with Crippen molar-refractivity contribution in [1.29, 1.82) is 0 Å². The molecule has 2 N–H and O–H groups in total. The number of hydrogen-bond acceptors (Lipinski definition) is 5. The number of methoxy groups -OCH3 is 1. The quantitative estimate of drug-likeness (QED) is 0.676. The minimum Gasteiger partial charge on any atom is -0.465 e. The zero-order valence-electron chi connectivity index (χ0n) is 12.4. The molecule has 0 saturated carbocycles. The summed E-state index contributed by atoms with van der Waals surface area (Å²) in [5.74, 6) is -0.704. The summed E-state index contributed by atoms with van der Waals surface area (Å²) in [4.78, 5) is 23.0. The molecule has 0 atom stereocenters. The zero-order valence-corrected chi connectivity index (χ0v) is 12.4. The van der Waals surface area contributed by atoms with Crippen LogP contribution >= 0.6 is 0 Å². The van der Waals surface area contributed by atoms with Crippen LogP contribution in [0.3, 0.4) is 0 Å². The number of ether oxygens (including phenoxy) is 2. The lowest BCUT2D eigenvalue weighted by atomic mass is 10.0. The van der Waals surface area contributed by atoms with Gasteiger partial charge in [-0.1, -0.05) is 6.07 Å². The number of hydrogen-bond donors (Lipinski definition) is 1. The third kappa shape index (κ3) is 4.91. The summed E-state index contributed by atoms with van der Waals surface area (Å²) < 4.78 is 9.84. The number of carbonyl (C=O) groups is 2. The van der Waals surface area contributed by atoms with Crippen LogP contribution in [0.25, 0.3) is 0 Å². The average Bonchev–Trinajstić information content (AvgIpc) is 2.34. The van der Waals surface area contributed by atoms with Gasteiger partial charge >= 0.3 is 11.9 Å². The van der Waals surface area contributed by atoms with Crippen molar-refractivity contribution in [2.24, 2.45) is 0 Å².